The molecule has 0 radical (unpaired) electrons. The number of nitrogens with zero attached hydrogens (tertiary/aromatic N) is 1. The first-order valence-electron chi connectivity index (χ1n) is 7.84. The van der Waals surface area contributed by atoms with Gasteiger partial charge in [0.2, 0.25) is 5.91 Å². The number of hydrogen-bond donors (Lipinski definition) is 2. The summed E-state index contributed by atoms with van der Waals surface area (Å²) < 4.78 is 5.39. The number of amides is 1. The zero-order valence-corrected chi connectivity index (χ0v) is 13.1. The molecule has 0 aliphatic carbocycles. The van der Waals surface area contributed by atoms with Gasteiger partial charge in [0.25, 0.3) is 0 Å². The van der Waals surface area contributed by atoms with Crippen molar-refractivity contribution in [1.82, 2.24) is 15.5 Å². The van der Waals surface area contributed by atoms with E-state index in [1.807, 2.05) is 0 Å². The highest BCUT2D eigenvalue weighted by Gasteiger charge is 2.31. The molecule has 0 aromatic rings. The minimum Gasteiger partial charge on any atom is -0.379 e. The molecule has 2 heterocycles. The summed E-state index contributed by atoms with van der Waals surface area (Å²) in [5, 5.41) is 6.48. The van der Waals surface area contributed by atoms with Gasteiger partial charge in [-0.1, -0.05) is 6.92 Å². The van der Waals surface area contributed by atoms with Crippen LogP contribution in [-0.4, -0.2) is 61.8 Å². The largest absolute Gasteiger partial charge is 0.379 e. The molecular weight excluding hydrogens is 254 g/mol. The van der Waals surface area contributed by atoms with E-state index in [4.69, 9.17) is 4.74 Å². The molecule has 1 amide bonds. The molecule has 5 heteroatoms. The van der Waals surface area contributed by atoms with E-state index in [0.29, 0.717) is 12.5 Å². The monoisotopic (exact) mass is 283 g/mol. The molecule has 0 aromatic carbocycles. The minimum absolute atomic E-state index is 0.0165. The Morgan fingerprint density at radius 2 is 2.10 bits per heavy atom. The van der Waals surface area contributed by atoms with Crippen LogP contribution in [0.2, 0.25) is 0 Å². The van der Waals surface area contributed by atoms with Gasteiger partial charge < -0.3 is 15.4 Å². The second-order valence-electron chi connectivity index (χ2n) is 6.68. The van der Waals surface area contributed by atoms with E-state index in [1.54, 1.807) is 0 Å². The van der Waals surface area contributed by atoms with Gasteiger partial charge in [-0.3, -0.25) is 9.69 Å². The quantitative estimate of drug-likeness (QED) is 0.793. The van der Waals surface area contributed by atoms with Crippen LogP contribution < -0.4 is 10.6 Å². The van der Waals surface area contributed by atoms with Crippen LogP contribution >= 0.6 is 0 Å². The second kappa shape index (κ2) is 6.87. The summed E-state index contributed by atoms with van der Waals surface area (Å²) in [4.78, 5) is 14.7. The second-order valence-corrected chi connectivity index (χ2v) is 6.68. The van der Waals surface area contributed by atoms with Crippen molar-refractivity contribution in [3.63, 3.8) is 0 Å². The molecule has 20 heavy (non-hydrogen) atoms. The Labute approximate surface area is 122 Å². The molecule has 2 rings (SSSR count). The van der Waals surface area contributed by atoms with Gasteiger partial charge in [-0.05, 0) is 39.2 Å². The third kappa shape index (κ3) is 3.93. The average Bonchev–Trinajstić information content (AvgIpc) is 2.46. The minimum atomic E-state index is -0.0239. The maximum absolute atomic E-state index is 12.3. The van der Waals surface area contributed by atoms with Gasteiger partial charge in [-0.25, -0.2) is 0 Å². The van der Waals surface area contributed by atoms with Crippen LogP contribution in [0, 0.1) is 5.92 Å². The highest BCUT2D eigenvalue weighted by Crippen LogP contribution is 2.17. The maximum atomic E-state index is 12.3. The predicted octanol–water partition coefficient (Wildman–Crippen LogP) is 0.602. The fraction of sp³-hybridized carbons (Fsp3) is 0.933. The number of hydrogen-bond acceptors (Lipinski definition) is 4. The Bertz CT molecular complexity index is 327. The number of rotatable bonds is 4. The van der Waals surface area contributed by atoms with E-state index in [9.17, 15) is 4.79 Å². The first kappa shape index (κ1) is 15.7. The first-order valence-corrected chi connectivity index (χ1v) is 7.84. The normalized spacial score (nSPS) is 29.1. The molecule has 5 nitrogen and oxygen atoms in total. The van der Waals surface area contributed by atoms with Gasteiger partial charge in [-0.15, -0.1) is 0 Å². The number of ether oxygens (including phenoxy) is 1. The summed E-state index contributed by atoms with van der Waals surface area (Å²) >= 11 is 0. The van der Waals surface area contributed by atoms with Crippen molar-refractivity contribution < 1.29 is 9.53 Å². The molecule has 2 N–H and O–H groups in total. The molecule has 116 valence electrons. The van der Waals surface area contributed by atoms with Crippen molar-refractivity contribution in [3.05, 3.63) is 0 Å². The fourth-order valence-electron chi connectivity index (χ4n) is 3.09. The van der Waals surface area contributed by atoms with Crippen LogP contribution in [-0.2, 0) is 9.53 Å². The number of piperidine rings is 1. The Kier molecular flexibility index (Phi) is 5.41. The van der Waals surface area contributed by atoms with Crippen molar-refractivity contribution >= 4 is 5.91 Å². The highest BCUT2D eigenvalue weighted by molar-refractivity contribution is 5.82. The van der Waals surface area contributed by atoms with Gasteiger partial charge in [-0.2, -0.15) is 0 Å². The lowest BCUT2D eigenvalue weighted by Crippen LogP contribution is -2.58. The lowest BCUT2D eigenvalue weighted by Gasteiger charge is -2.41. The SMILES string of the molecule is CC1CCCNC1C(=O)NCC(C)(C)N1CCOCC1. The van der Waals surface area contributed by atoms with Gasteiger partial charge in [0, 0.05) is 25.2 Å². The smallest absolute Gasteiger partial charge is 0.237 e. The molecule has 2 aliphatic heterocycles. The summed E-state index contributed by atoms with van der Waals surface area (Å²) in [7, 11) is 0. The Morgan fingerprint density at radius 3 is 2.75 bits per heavy atom. The Hall–Kier alpha value is -0.650. The van der Waals surface area contributed by atoms with Crippen LogP contribution in [0.15, 0.2) is 0 Å². The summed E-state index contributed by atoms with van der Waals surface area (Å²) in [5.74, 6) is 0.578. The van der Waals surface area contributed by atoms with Crippen molar-refractivity contribution in [1.29, 1.82) is 0 Å². The molecule has 0 aromatic heterocycles. The van der Waals surface area contributed by atoms with Crippen molar-refractivity contribution in [2.75, 3.05) is 39.4 Å². The van der Waals surface area contributed by atoms with Crippen LogP contribution in [0.3, 0.4) is 0 Å². The Morgan fingerprint density at radius 1 is 1.40 bits per heavy atom. The fourth-order valence-corrected chi connectivity index (χ4v) is 3.09. The molecule has 2 unspecified atom stereocenters. The summed E-state index contributed by atoms with van der Waals surface area (Å²) in [6.07, 6.45) is 2.31. The molecule has 2 aliphatic rings. The third-order valence-corrected chi connectivity index (χ3v) is 4.61. The zero-order chi connectivity index (χ0) is 14.6. The predicted molar refractivity (Wildman–Crippen MR) is 79.7 cm³/mol. The van der Waals surface area contributed by atoms with E-state index < -0.39 is 0 Å². The third-order valence-electron chi connectivity index (χ3n) is 4.61. The number of carbonyl (C=O) groups excluding carboxylic acids is 1. The van der Waals surface area contributed by atoms with E-state index in [2.05, 4.69) is 36.3 Å². The Balaban J connectivity index is 1.82. The highest BCUT2D eigenvalue weighted by atomic mass is 16.5. The molecule has 0 saturated carbocycles. The summed E-state index contributed by atoms with van der Waals surface area (Å²) in [6, 6.07) is -0.0239. The zero-order valence-electron chi connectivity index (χ0n) is 13.1. The van der Waals surface area contributed by atoms with Crippen molar-refractivity contribution in [3.8, 4) is 0 Å². The van der Waals surface area contributed by atoms with Crippen molar-refractivity contribution in [2.45, 2.75) is 45.2 Å². The molecule has 2 atom stereocenters. The molecule has 0 spiro atoms. The maximum Gasteiger partial charge on any atom is 0.237 e. The van der Waals surface area contributed by atoms with Gasteiger partial charge >= 0.3 is 0 Å². The molecule has 0 bridgehead atoms. The van der Waals surface area contributed by atoms with Gasteiger partial charge in [0.1, 0.15) is 0 Å². The van der Waals surface area contributed by atoms with E-state index in [1.165, 1.54) is 6.42 Å². The topological polar surface area (TPSA) is 53.6 Å². The van der Waals surface area contributed by atoms with Gasteiger partial charge in [0.15, 0.2) is 0 Å². The van der Waals surface area contributed by atoms with Crippen LogP contribution in [0.5, 0.6) is 0 Å². The van der Waals surface area contributed by atoms with E-state index >= 15 is 0 Å². The summed E-state index contributed by atoms with van der Waals surface area (Å²) in [6.45, 7) is 11.7. The van der Waals surface area contributed by atoms with Crippen LogP contribution in [0.1, 0.15) is 33.6 Å². The number of carbonyl (C=O) groups is 1. The number of nitrogens with one attached hydrogen (secondary N) is 2. The molecular formula is C15H29N3O2. The van der Waals surface area contributed by atoms with E-state index in [0.717, 1.165) is 39.3 Å². The van der Waals surface area contributed by atoms with E-state index in [-0.39, 0.29) is 17.5 Å². The lowest BCUT2D eigenvalue weighted by atomic mass is 9.92. The summed E-state index contributed by atoms with van der Waals surface area (Å²) in [5.41, 5.74) is -0.0165. The van der Waals surface area contributed by atoms with Crippen LogP contribution in [0.25, 0.3) is 0 Å². The molecule has 2 saturated heterocycles. The lowest BCUT2D eigenvalue weighted by molar-refractivity contribution is -0.125. The first-order chi connectivity index (χ1) is 9.50. The molecule has 2 fully saturated rings. The van der Waals surface area contributed by atoms with Crippen LogP contribution in [0.4, 0.5) is 0 Å². The van der Waals surface area contributed by atoms with Crippen molar-refractivity contribution in [2.24, 2.45) is 5.92 Å². The standard InChI is InChI=1S/C15H29N3O2/c1-12-5-4-6-16-13(12)14(19)17-11-15(2,3)18-7-9-20-10-8-18/h12-13,16H,4-11H2,1-3H3,(H,17,19). The number of morpholine rings is 1. The average molecular weight is 283 g/mol. The van der Waals surface area contributed by atoms with Gasteiger partial charge in [0.05, 0.1) is 19.3 Å².